The van der Waals surface area contributed by atoms with Crippen LogP contribution in [0.15, 0.2) is 54.6 Å². The zero-order valence-electron chi connectivity index (χ0n) is 23.9. The Balaban J connectivity index is 1.28. The highest BCUT2D eigenvalue weighted by molar-refractivity contribution is 6.31. The van der Waals surface area contributed by atoms with E-state index in [4.69, 9.17) is 11.6 Å². The SMILES string of the molecule is C[C@H](/C=C/CC(=O)N1CCC[C@H]1CO)[C@@]1(O)C(=O)N(Cc2ccc(NC(=O)C3CCCNC3)cc2)c2ccc(Cl)cc21. The molecule has 3 aliphatic heterocycles. The minimum atomic E-state index is -1.86. The van der Waals surface area contributed by atoms with Crippen LogP contribution in [0.3, 0.4) is 0 Å². The molecule has 2 aromatic rings. The van der Waals surface area contributed by atoms with Crippen LogP contribution in [0, 0.1) is 11.8 Å². The first-order chi connectivity index (χ1) is 20.2. The number of nitrogens with zero attached hydrogens (tertiary/aromatic N) is 2. The standard InChI is InChI=1S/C32H39ClN4O5/c1-21(5-2-8-29(39)36-16-4-7-26(36)20-38)32(42)27-17-24(33)11-14-28(27)37(31(32)41)19-22-9-12-25(13-10-22)35-30(40)23-6-3-15-34-18-23/h2,5,9-14,17,21,23,26,34,38,42H,3-4,6-8,15-16,18-20H2,1H3,(H,35,40)/b5-2+/t21-,23?,26+,32+/m1/s1. The number of anilines is 2. The van der Waals surface area contributed by atoms with Crippen LogP contribution >= 0.6 is 11.6 Å². The molecule has 42 heavy (non-hydrogen) atoms. The van der Waals surface area contributed by atoms with Crippen LogP contribution in [0.5, 0.6) is 0 Å². The number of carbonyl (C=O) groups is 3. The summed E-state index contributed by atoms with van der Waals surface area (Å²) in [4.78, 5) is 42.4. The Labute approximate surface area is 251 Å². The molecule has 3 heterocycles. The minimum Gasteiger partial charge on any atom is -0.394 e. The normalized spacial score (nSPS) is 24.7. The lowest BCUT2D eigenvalue weighted by Gasteiger charge is -2.28. The van der Waals surface area contributed by atoms with Gasteiger partial charge in [0.15, 0.2) is 5.60 Å². The maximum atomic E-state index is 13.8. The molecular formula is C32H39ClN4O5. The third kappa shape index (κ3) is 6.10. The molecule has 9 nitrogen and oxygen atoms in total. The number of aliphatic hydroxyl groups is 2. The highest BCUT2D eigenvalue weighted by Crippen LogP contribution is 2.46. The molecule has 0 aromatic heterocycles. The van der Waals surface area contributed by atoms with Gasteiger partial charge in [0, 0.05) is 41.7 Å². The van der Waals surface area contributed by atoms with Crippen molar-refractivity contribution in [2.75, 3.05) is 36.5 Å². The molecule has 2 saturated heterocycles. The van der Waals surface area contributed by atoms with Gasteiger partial charge in [0.25, 0.3) is 5.91 Å². The van der Waals surface area contributed by atoms with Crippen molar-refractivity contribution < 1.29 is 24.6 Å². The summed E-state index contributed by atoms with van der Waals surface area (Å²) in [7, 11) is 0. The lowest BCUT2D eigenvalue weighted by molar-refractivity contribution is -0.139. The number of halogens is 1. The number of likely N-dealkylation sites (tertiary alicyclic amines) is 1. The Kier molecular flexibility index (Phi) is 9.32. The molecule has 2 aromatic carbocycles. The number of nitrogens with one attached hydrogen (secondary N) is 2. The summed E-state index contributed by atoms with van der Waals surface area (Å²) >= 11 is 6.30. The van der Waals surface area contributed by atoms with E-state index in [9.17, 15) is 24.6 Å². The van der Waals surface area contributed by atoms with Crippen molar-refractivity contribution in [1.82, 2.24) is 10.2 Å². The van der Waals surface area contributed by atoms with Gasteiger partial charge < -0.3 is 30.6 Å². The van der Waals surface area contributed by atoms with E-state index in [-0.39, 0.29) is 43.3 Å². The number of carbonyl (C=O) groups excluding carboxylic acids is 3. The van der Waals surface area contributed by atoms with Crippen LogP contribution in [-0.2, 0) is 26.5 Å². The highest BCUT2D eigenvalue weighted by atomic mass is 35.5. The number of aliphatic hydroxyl groups excluding tert-OH is 1. The third-order valence-corrected chi connectivity index (χ3v) is 8.98. The Morgan fingerprint density at radius 2 is 1.98 bits per heavy atom. The van der Waals surface area contributed by atoms with Crippen LogP contribution in [0.4, 0.5) is 11.4 Å². The summed E-state index contributed by atoms with van der Waals surface area (Å²) in [6, 6.07) is 12.3. The van der Waals surface area contributed by atoms with Crippen LogP contribution in [-0.4, -0.2) is 65.1 Å². The Morgan fingerprint density at radius 3 is 2.69 bits per heavy atom. The molecule has 4 N–H and O–H groups in total. The van der Waals surface area contributed by atoms with Gasteiger partial charge in [-0.15, -0.1) is 0 Å². The van der Waals surface area contributed by atoms with Crippen molar-refractivity contribution in [3.63, 3.8) is 0 Å². The largest absolute Gasteiger partial charge is 0.394 e. The number of amides is 3. The van der Waals surface area contributed by atoms with Crippen molar-refractivity contribution in [3.05, 3.63) is 70.8 Å². The van der Waals surface area contributed by atoms with Crippen molar-refractivity contribution in [3.8, 4) is 0 Å². The quantitative estimate of drug-likeness (QED) is 0.329. The molecule has 0 aliphatic carbocycles. The number of piperidine rings is 1. The third-order valence-electron chi connectivity index (χ3n) is 8.75. The Bertz CT molecular complexity index is 1340. The number of hydrogen-bond donors (Lipinski definition) is 4. The van der Waals surface area contributed by atoms with Gasteiger partial charge in [-0.2, -0.15) is 0 Å². The lowest BCUT2D eigenvalue weighted by atomic mass is 9.83. The van der Waals surface area contributed by atoms with Crippen molar-refractivity contribution in [2.24, 2.45) is 11.8 Å². The fraction of sp³-hybridized carbons (Fsp3) is 0.469. The van der Waals surface area contributed by atoms with Crippen LogP contribution in [0.2, 0.25) is 5.02 Å². The van der Waals surface area contributed by atoms with Gasteiger partial charge in [-0.1, -0.05) is 42.8 Å². The summed E-state index contributed by atoms with van der Waals surface area (Å²) in [6.45, 7) is 4.17. The summed E-state index contributed by atoms with van der Waals surface area (Å²) in [5.41, 5.74) is 0.673. The second-order valence-electron chi connectivity index (χ2n) is 11.5. The summed E-state index contributed by atoms with van der Waals surface area (Å²) < 4.78 is 0. The average molecular weight is 595 g/mol. The van der Waals surface area contributed by atoms with E-state index in [0.29, 0.717) is 35.1 Å². The van der Waals surface area contributed by atoms with Gasteiger partial charge in [0.2, 0.25) is 11.8 Å². The highest BCUT2D eigenvalue weighted by Gasteiger charge is 2.52. The van der Waals surface area contributed by atoms with E-state index in [0.717, 1.165) is 37.8 Å². The molecule has 1 unspecified atom stereocenters. The van der Waals surface area contributed by atoms with Crippen LogP contribution in [0.1, 0.15) is 50.2 Å². The lowest BCUT2D eigenvalue weighted by Crippen LogP contribution is -2.44. The van der Waals surface area contributed by atoms with Gasteiger partial charge in [-0.05, 0) is 68.1 Å². The van der Waals surface area contributed by atoms with Gasteiger partial charge >= 0.3 is 0 Å². The first-order valence-electron chi connectivity index (χ1n) is 14.7. The zero-order valence-corrected chi connectivity index (χ0v) is 24.6. The van der Waals surface area contributed by atoms with E-state index in [1.54, 1.807) is 47.1 Å². The van der Waals surface area contributed by atoms with Gasteiger partial charge in [-0.25, -0.2) is 0 Å². The maximum absolute atomic E-state index is 13.8. The van der Waals surface area contributed by atoms with Crippen molar-refractivity contribution in [1.29, 1.82) is 0 Å². The second-order valence-corrected chi connectivity index (χ2v) is 12.0. The van der Waals surface area contributed by atoms with Crippen LogP contribution in [0.25, 0.3) is 0 Å². The molecule has 3 amide bonds. The number of fused-ring (bicyclic) bond motifs is 1. The topological polar surface area (TPSA) is 122 Å². The number of rotatable bonds is 9. The van der Waals surface area contributed by atoms with Gasteiger partial charge in [0.1, 0.15) is 0 Å². The fourth-order valence-corrected chi connectivity index (χ4v) is 6.43. The molecule has 224 valence electrons. The molecule has 3 aliphatic rings. The molecule has 5 rings (SSSR count). The fourth-order valence-electron chi connectivity index (χ4n) is 6.26. The first-order valence-corrected chi connectivity index (χ1v) is 15.1. The molecule has 2 fully saturated rings. The van der Waals surface area contributed by atoms with E-state index in [1.165, 1.54) is 0 Å². The van der Waals surface area contributed by atoms with E-state index < -0.39 is 17.4 Å². The average Bonchev–Trinajstić information content (AvgIpc) is 3.56. The molecule has 0 bridgehead atoms. The molecule has 0 saturated carbocycles. The van der Waals surface area contributed by atoms with E-state index in [1.807, 2.05) is 24.3 Å². The number of benzene rings is 2. The second kappa shape index (κ2) is 13.0. The number of hydrogen-bond acceptors (Lipinski definition) is 6. The molecule has 0 spiro atoms. The van der Waals surface area contributed by atoms with Gasteiger partial charge in [-0.3, -0.25) is 14.4 Å². The predicted octanol–water partition coefficient (Wildman–Crippen LogP) is 3.58. The summed E-state index contributed by atoms with van der Waals surface area (Å²) in [6.07, 6.45) is 7.02. The smallest absolute Gasteiger partial charge is 0.264 e. The van der Waals surface area contributed by atoms with Gasteiger partial charge in [0.05, 0.1) is 30.8 Å². The Hall–Kier alpha value is -3.24. The summed E-state index contributed by atoms with van der Waals surface area (Å²) in [5.74, 6) is -1.24. The molecule has 10 heteroatoms. The monoisotopic (exact) mass is 594 g/mol. The van der Waals surface area contributed by atoms with Crippen molar-refractivity contribution in [2.45, 2.75) is 57.2 Å². The molecule has 0 radical (unpaired) electrons. The predicted molar refractivity (Wildman–Crippen MR) is 162 cm³/mol. The van der Waals surface area contributed by atoms with Crippen molar-refractivity contribution >= 4 is 40.7 Å². The summed E-state index contributed by atoms with van der Waals surface area (Å²) in [5, 5.41) is 28.1. The van der Waals surface area contributed by atoms with E-state index in [2.05, 4.69) is 10.6 Å². The molecule has 4 atom stereocenters. The minimum absolute atomic E-state index is 0.00192. The first kappa shape index (κ1) is 30.2. The van der Waals surface area contributed by atoms with Crippen LogP contribution < -0.4 is 15.5 Å². The maximum Gasteiger partial charge on any atom is 0.264 e. The Morgan fingerprint density at radius 1 is 1.19 bits per heavy atom. The van der Waals surface area contributed by atoms with E-state index >= 15 is 0 Å². The molecular weight excluding hydrogens is 556 g/mol. The zero-order chi connectivity index (χ0) is 29.9.